The molecule has 0 aliphatic heterocycles. The fourth-order valence-electron chi connectivity index (χ4n) is 2.40. The van der Waals surface area contributed by atoms with Gasteiger partial charge < -0.3 is 4.74 Å². The molecular weight excluding hydrogens is 350 g/mol. The molecule has 26 heavy (non-hydrogen) atoms. The zero-order valence-electron chi connectivity index (χ0n) is 15.2. The normalized spacial score (nSPS) is 12.5. The molecule has 0 aliphatic carbocycles. The van der Waals surface area contributed by atoms with Crippen molar-refractivity contribution in [3.8, 4) is 0 Å². The highest BCUT2D eigenvalue weighted by molar-refractivity contribution is 6.08. The monoisotopic (exact) mass is 373 g/mol. The molecule has 0 heterocycles. The maximum Gasteiger partial charge on any atom is 0.335 e. The number of allylic oxidation sites excluding steroid dienone is 1. The summed E-state index contributed by atoms with van der Waals surface area (Å²) in [6.45, 7) is 5.23. The number of halogens is 1. The van der Waals surface area contributed by atoms with Gasteiger partial charge in [-0.3, -0.25) is 10.5 Å². The molecule has 0 aliphatic rings. The molecule has 0 aromatic heterocycles. The summed E-state index contributed by atoms with van der Waals surface area (Å²) >= 11 is 0. The molecule has 1 unspecified atom stereocenters. The van der Waals surface area contributed by atoms with Gasteiger partial charge in [-0.1, -0.05) is 60.2 Å². The Morgan fingerprint density at radius 1 is 0.962 bits per heavy atom. The van der Waals surface area contributed by atoms with Crippen LogP contribution in [0.4, 0.5) is 0 Å². The lowest BCUT2D eigenvalue weighted by Crippen LogP contribution is -2.24. The highest BCUT2D eigenvalue weighted by Gasteiger charge is 2.12. The number of ether oxygens (including phenoxy) is 1. The number of hydrogen-bond donors (Lipinski definition) is 1. The minimum absolute atomic E-state index is 0. The summed E-state index contributed by atoms with van der Waals surface area (Å²) in [4.78, 5) is 24.3. The summed E-state index contributed by atoms with van der Waals surface area (Å²) in [5.41, 5.74) is 9.28. The topological polar surface area (TPSA) is 69.4 Å². The van der Waals surface area contributed by atoms with Gasteiger partial charge in [0.15, 0.2) is 5.78 Å². The van der Waals surface area contributed by atoms with Gasteiger partial charge in [-0.25, -0.2) is 4.79 Å². The number of ketones is 1. The van der Waals surface area contributed by atoms with E-state index < -0.39 is 12.2 Å². The number of nitrogens with two attached hydrogens (primary N) is 1. The van der Waals surface area contributed by atoms with Gasteiger partial charge in [-0.15, -0.1) is 12.4 Å². The van der Waals surface area contributed by atoms with Crippen molar-refractivity contribution >= 4 is 24.2 Å². The second kappa shape index (κ2) is 9.90. The van der Waals surface area contributed by atoms with E-state index in [9.17, 15) is 9.59 Å². The van der Waals surface area contributed by atoms with Crippen molar-refractivity contribution in [1.82, 2.24) is 0 Å². The largest absolute Gasteiger partial charge is 0.444 e. The lowest BCUT2D eigenvalue weighted by molar-refractivity contribution is -0.143. The van der Waals surface area contributed by atoms with Crippen LogP contribution in [0.25, 0.3) is 0 Å². The van der Waals surface area contributed by atoms with E-state index in [0.29, 0.717) is 23.1 Å². The zero-order valence-corrected chi connectivity index (χ0v) is 16.0. The Balaban J connectivity index is 0.00000338. The summed E-state index contributed by atoms with van der Waals surface area (Å²) in [7, 11) is 0. The molecule has 2 aromatic rings. The second-order valence-electron chi connectivity index (χ2n) is 6.08. The minimum atomic E-state index is -0.626. The first-order chi connectivity index (χ1) is 11.9. The highest BCUT2D eigenvalue weighted by Crippen LogP contribution is 2.16. The Morgan fingerprint density at radius 2 is 1.50 bits per heavy atom. The van der Waals surface area contributed by atoms with Crippen molar-refractivity contribution in [1.29, 1.82) is 0 Å². The molecule has 0 saturated carbocycles. The number of carbonyl (C=O) groups excluding carboxylic acids is 2. The lowest BCUT2D eigenvalue weighted by Gasteiger charge is -2.11. The molecule has 0 bridgehead atoms. The van der Waals surface area contributed by atoms with Gasteiger partial charge >= 0.3 is 5.97 Å². The third kappa shape index (κ3) is 5.83. The van der Waals surface area contributed by atoms with E-state index in [0.717, 1.165) is 11.1 Å². The van der Waals surface area contributed by atoms with Crippen molar-refractivity contribution in [3.05, 3.63) is 82.4 Å². The molecule has 0 spiro atoms. The molecule has 4 nitrogen and oxygen atoms in total. The van der Waals surface area contributed by atoms with E-state index in [2.05, 4.69) is 0 Å². The van der Waals surface area contributed by atoms with E-state index >= 15 is 0 Å². The predicted molar refractivity (Wildman–Crippen MR) is 105 cm³/mol. The van der Waals surface area contributed by atoms with Crippen LogP contribution in [-0.2, 0) is 16.0 Å². The number of carbonyl (C=O) groups is 2. The molecule has 0 fully saturated rings. The van der Waals surface area contributed by atoms with Gasteiger partial charge in [0.2, 0.25) is 0 Å². The highest BCUT2D eigenvalue weighted by atomic mass is 35.5. The zero-order chi connectivity index (χ0) is 18.4. The van der Waals surface area contributed by atoms with E-state index in [1.807, 2.05) is 49.4 Å². The van der Waals surface area contributed by atoms with Gasteiger partial charge in [0.1, 0.15) is 6.23 Å². The van der Waals surface area contributed by atoms with Crippen molar-refractivity contribution in [2.75, 3.05) is 0 Å². The first-order valence-electron chi connectivity index (χ1n) is 8.20. The summed E-state index contributed by atoms with van der Waals surface area (Å²) < 4.78 is 5.01. The first-order valence-corrected chi connectivity index (χ1v) is 8.20. The Labute approximate surface area is 160 Å². The van der Waals surface area contributed by atoms with Gasteiger partial charge in [0, 0.05) is 16.7 Å². The van der Waals surface area contributed by atoms with Crippen LogP contribution < -0.4 is 5.73 Å². The molecule has 0 radical (unpaired) electrons. The SMILES string of the molecule is CC(Cc1ccc(C(=O)c2ccccc2)cc1)=C(C)C(=O)OC(C)N.Cl. The molecule has 2 N–H and O–H groups in total. The quantitative estimate of drug-likeness (QED) is 0.358. The van der Waals surface area contributed by atoms with Crippen molar-refractivity contribution < 1.29 is 14.3 Å². The summed E-state index contributed by atoms with van der Waals surface area (Å²) in [5.74, 6) is -0.403. The van der Waals surface area contributed by atoms with E-state index in [-0.39, 0.29) is 18.2 Å². The average Bonchev–Trinajstić information content (AvgIpc) is 2.61. The van der Waals surface area contributed by atoms with Crippen molar-refractivity contribution in [2.45, 2.75) is 33.4 Å². The fourth-order valence-corrected chi connectivity index (χ4v) is 2.40. The standard InChI is InChI=1S/C21H23NO3.ClH/c1-14(15(2)21(24)25-16(3)22)13-17-9-11-19(12-10-17)20(23)18-7-5-4-6-8-18;/h4-12,16H,13,22H2,1-3H3;1H. The van der Waals surface area contributed by atoms with Gasteiger partial charge in [-0.2, -0.15) is 0 Å². The third-order valence-corrected chi connectivity index (χ3v) is 3.96. The number of rotatable bonds is 6. The average molecular weight is 374 g/mol. The fraction of sp³-hybridized carbons (Fsp3) is 0.238. The van der Waals surface area contributed by atoms with E-state index in [1.54, 1.807) is 26.0 Å². The van der Waals surface area contributed by atoms with Crippen LogP contribution in [0.2, 0.25) is 0 Å². The molecule has 0 amide bonds. The third-order valence-electron chi connectivity index (χ3n) is 3.96. The van der Waals surface area contributed by atoms with Crippen LogP contribution in [0.15, 0.2) is 65.7 Å². The number of esters is 1. The summed E-state index contributed by atoms with van der Waals surface area (Å²) in [6, 6.07) is 16.6. The Hall–Kier alpha value is -2.43. The molecule has 5 heteroatoms. The van der Waals surface area contributed by atoms with Crippen molar-refractivity contribution in [3.63, 3.8) is 0 Å². The van der Waals surface area contributed by atoms with Crippen LogP contribution in [0, 0.1) is 0 Å². The van der Waals surface area contributed by atoms with E-state index in [4.69, 9.17) is 10.5 Å². The lowest BCUT2D eigenvalue weighted by atomic mass is 9.98. The number of hydrogen-bond acceptors (Lipinski definition) is 4. The van der Waals surface area contributed by atoms with Crippen LogP contribution in [0.3, 0.4) is 0 Å². The van der Waals surface area contributed by atoms with Crippen LogP contribution in [0.1, 0.15) is 42.3 Å². The molecule has 0 saturated heterocycles. The molecule has 138 valence electrons. The van der Waals surface area contributed by atoms with Crippen molar-refractivity contribution in [2.24, 2.45) is 5.73 Å². The first kappa shape index (κ1) is 21.6. The second-order valence-corrected chi connectivity index (χ2v) is 6.08. The Bertz CT molecular complexity index is 781. The van der Waals surface area contributed by atoms with Crippen LogP contribution in [0.5, 0.6) is 0 Å². The number of benzene rings is 2. The molecular formula is C21H24ClNO3. The maximum absolute atomic E-state index is 12.4. The van der Waals surface area contributed by atoms with E-state index in [1.165, 1.54) is 0 Å². The summed E-state index contributed by atoms with van der Waals surface area (Å²) in [5, 5.41) is 0. The van der Waals surface area contributed by atoms with Gasteiger partial charge in [-0.05, 0) is 32.8 Å². The predicted octanol–water partition coefficient (Wildman–Crippen LogP) is 4.07. The minimum Gasteiger partial charge on any atom is -0.444 e. The molecule has 1 atom stereocenters. The maximum atomic E-state index is 12.4. The summed E-state index contributed by atoms with van der Waals surface area (Å²) in [6.07, 6.45) is -0.0156. The van der Waals surface area contributed by atoms with Gasteiger partial charge in [0.25, 0.3) is 0 Å². The Morgan fingerprint density at radius 3 is 2.04 bits per heavy atom. The van der Waals surface area contributed by atoms with Crippen LogP contribution in [-0.4, -0.2) is 18.0 Å². The van der Waals surface area contributed by atoms with Gasteiger partial charge in [0.05, 0.1) is 0 Å². The molecule has 2 aromatic carbocycles. The molecule has 2 rings (SSSR count). The Kier molecular flexibility index (Phi) is 8.23. The smallest absolute Gasteiger partial charge is 0.335 e. The van der Waals surface area contributed by atoms with Crippen LogP contribution >= 0.6 is 12.4 Å².